The second-order valence-corrected chi connectivity index (χ2v) is 12.9. The average molecular weight is 534 g/mol. The molecular formula is C25H31N3O6S2. The molecule has 0 bridgehead atoms. The number of benzene rings is 3. The van der Waals surface area contributed by atoms with Gasteiger partial charge in [-0.3, -0.25) is 4.72 Å². The van der Waals surface area contributed by atoms with Crippen molar-refractivity contribution in [3.05, 3.63) is 66.2 Å². The largest absolute Gasteiger partial charge is 0.506 e. The minimum absolute atomic E-state index is 0.00837. The Morgan fingerprint density at radius 1 is 0.972 bits per heavy atom. The summed E-state index contributed by atoms with van der Waals surface area (Å²) in [4.78, 5) is 0.305. The highest BCUT2D eigenvalue weighted by Crippen LogP contribution is 2.28. The molecule has 3 aromatic carbocycles. The zero-order valence-corrected chi connectivity index (χ0v) is 21.6. The van der Waals surface area contributed by atoms with E-state index >= 15 is 0 Å². The van der Waals surface area contributed by atoms with Gasteiger partial charge in [-0.05, 0) is 65.9 Å². The first kappa shape index (κ1) is 26.4. The summed E-state index contributed by atoms with van der Waals surface area (Å²) in [6.45, 7) is 1.72. The van der Waals surface area contributed by atoms with Crippen LogP contribution in [0.15, 0.2) is 65.6 Å². The molecule has 0 aromatic heterocycles. The van der Waals surface area contributed by atoms with Gasteiger partial charge in [-0.25, -0.2) is 16.8 Å². The van der Waals surface area contributed by atoms with Gasteiger partial charge in [-0.2, -0.15) is 4.31 Å². The first-order valence-electron chi connectivity index (χ1n) is 11.7. The number of nitrogens with one attached hydrogen (secondary N) is 2. The molecule has 1 atom stereocenters. The van der Waals surface area contributed by atoms with Crippen molar-refractivity contribution in [2.24, 2.45) is 5.92 Å². The number of sulfonamides is 2. The van der Waals surface area contributed by atoms with Crippen molar-refractivity contribution in [1.82, 2.24) is 9.62 Å². The average Bonchev–Trinajstić information content (AvgIpc) is 2.84. The van der Waals surface area contributed by atoms with E-state index in [1.54, 1.807) is 12.1 Å². The molecule has 1 saturated heterocycles. The lowest BCUT2D eigenvalue weighted by atomic mass is 9.98. The molecular weight excluding hydrogens is 502 g/mol. The molecule has 36 heavy (non-hydrogen) atoms. The van der Waals surface area contributed by atoms with Gasteiger partial charge < -0.3 is 15.5 Å². The van der Waals surface area contributed by atoms with Crippen LogP contribution in [0, 0.1) is 5.92 Å². The standard InChI is InChI=1S/C25H31N3O6S2/c1-35(31,32)27-23-15-21(7-9-24(23)29)25(30)17-26-16-18-10-12-28(13-11-18)36(33,34)22-8-6-19-4-2-3-5-20(19)14-22/h2-9,14-15,18,25-27,29-30H,10-13,16-17H2,1H3/t25-/m0/s1. The minimum Gasteiger partial charge on any atom is -0.506 e. The van der Waals surface area contributed by atoms with Gasteiger partial charge >= 0.3 is 0 Å². The van der Waals surface area contributed by atoms with E-state index in [2.05, 4.69) is 10.0 Å². The predicted molar refractivity (Wildman–Crippen MR) is 140 cm³/mol. The molecule has 9 nitrogen and oxygen atoms in total. The topological polar surface area (TPSA) is 136 Å². The molecule has 194 valence electrons. The van der Waals surface area contributed by atoms with Crippen LogP contribution in [0.4, 0.5) is 5.69 Å². The number of hydrogen-bond donors (Lipinski definition) is 4. The normalized spacial score (nSPS) is 16.7. The van der Waals surface area contributed by atoms with Gasteiger partial charge in [0.15, 0.2) is 0 Å². The fraction of sp³-hybridized carbons (Fsp3) is 0.360. The quantitative estimate of drug-likeness (QED) is 0.311. The highest BCUT2D eigenvalue weighted by Gasteiger charge is 2.29. The molecule has 0 radical (unpaired) electrons. The summed E-state index contributed by atoms with van der Waals surface area (Å²) in [6.07, 6.45) is 1.49. The summed E-state index contributed by atoms with van der Waals surface area (Å²) in [5.41, 5.74) is 0.469. The van der Waals surface area contributed by atoms with E-state index < -0.39 is 26.2 Å². The first-order valence-corrected chi connectivity index (χ1v) is 15.0. The number of phenolic OH excluding ortho intramolecular Hbond substituents is 1. The van der Waals surface area contributed by atoms with Crippen LogP contribution < -0.4 is 10.0 Å². The summed E-state index contributed by atoms with van der Waals surface area (Å²) in [6, 6.07) is 17.1. The summed E-state index contributed by atoms with van der Waals surface area (Å²) < 4.78 is 53.0. The van der Waals surface area contributed by atoms with Crippen molar-refractivity contribution >= 4 is 36.5 Å². The highest BCUT2D eigenvalue weighted by molar-refractivity contribution is 7.92. The number of piperidine rings is 1. The Morgan fingerprint density at radius 2 is 1.67 bits per heavy atom. The Balaban J connectivity index is 1.28. The van der Waals surface area contributed by atoms with Crippen LogP contribution in [-0.4, -0.2) is 63.8 Å². The molecule has 4 N–H and O–H groups in total. The van der Waals surface area contributed by atoms with Crippen molar-refractivity contribution in [3.63, 3.8) is 0 Å². The van der Waals surface area contributed by atoms with Crippen molar-refractivity contribution in [1.29, 1.82) is 0 Å². The fourth-order valence-electron chi connectivity index (χ4n) is 4.42. The lowest BCUT2D eigenvalue weighted by Gasteiger charge is -2.31. The third-order valence-corrected chi connectivity index (χ3v) is 8.89. The van der Waals surface area contributed by atoms with Gasteiger partial charge in [-0.15, -0.1) is 0 Å². The van der Waals surface area contributed by atoms with Gasteiger partial charge in [0, 0.05) is 19.6 Å². The summed E-state index contributed by atoms with van der Waals surface area (Å²) in [5.74, 6) is 0.0391. The van der Waals surface area contributed by atoms with Crippen LogP contribution in [0.25, 0.3) is 10.8 Å². The van der Waals surface area contributed by atoms with E-state index in [1.807, 2.05) is 30.3 Å². The van der Waals surface area contributed by atoms with E-state index in [4.69, 9.17) is 0 Å². The third kappa shape index (κ3) is 6.34. The molecule has 1 fully saturated rings. The van der Waals surface area contributed by atoms with Crippen LogP contribution >= 0.6 is 0 Å². The highest BCUT2D eigenvalue weighted by atomic mass is 32.2. The summed E-state index contributed by atoms with van der Waals surface area (Å²) >= 11 is 0. The van der Waals surface area contributed by atoms with Gasteiger partial charge in [0.1, 0.15) is 5.75 Å². The van der Waals surface area contributed by atoms with Gasteiger partial charge in [0.05, 0.1) is 22.9 Å². The molecule has 1 heterocycles. The molecule has 1 aliphatic heterocycles. The first-order chi connectivity index (χ1) is 17.0. The van der Waals surface area contributed by atoms with Crippen molar-refractivity contribution < 1.29 is 27.0 Å². The zero-order valence-electron chi connectivity index (χ0n) is 20.0. The van der Waals surface area contributed by atoms with Crippen molar-refractivity contribution in [2.75, 3.05) is 37.2 Å². The second-order valence-electron chi connectivity index (χ2n) is 9.18. The minimum atomic E-state index is -3.57. The van der Waals surface area contributed by atoms with Crippen LogP contribution in [0.2, 0.25) is 0 Å². The zero-order chi connectivity index (χ0) is 25.9. The van der Waals surface area contributed by atoms with E-state index in [1.165, 1.54) is 22.5 Å². The van der Waals surface area contributed by atoms with Crippen LogP contribution in [0.3, 0.4) is 0 Å². The number of fused-ring (bicyclic) bond motifs is 1. The monoisotopic (exact) mass is 533 g/mol. The number of phenols is 1. The van der Waals surface area contributed by atoms with Crippen molar-refractivity contribution in [3.8, 4) is 5.75 Å². The maximum Gasteiger partial charge on any atom is 0.243 e. The number of nitrogens with zero attached hydrogens (tertiary/aromatic N) is 1. The van der Waals surface area contributed by atoms with Crippen molar-refractivity contribution in [2.45, 2.75) is 23.8 Å². The van der Waals surface area contributed by atoms with Crippen LogP contribution in [-0.2, 0) is 20.0 Å². The number of aromatic hydroxyl groups is 1. The summed E-state index contributed by atoms with van der Waals surface area (Å²) in [7, 11) is -7.13. The molecule has 0 unspecified atom stereocenters. The van der Waals surface area contributed by atoms with Gasteiger partial charge in [0.2, 0.25) is 20.0 Å². The lowest BCUT2D eigenvalue weighted by Crippen LogP contribution is -2.41. The molecule has 0 aliphatic carbocycles. The molecule has 4 rings (SSSR count). The smallest absolute Gasteiger partial charge is 0.243 e. The Kier molecular flexibility index (Phi) is 7.86. The maximum atomic E-state index is 13.2. The van der Waals surface area contributed by atoms with Crippen LogP contribution in [0.1, 0.15) is 24.5 Å². The molecule has 0 saturated carbocycles. The number of hydrogen-bond acceptors (Lipinski definition) is 7. The second kappa shape index (κ2) is 10.7. The summed E-state index contributed by atoms with van der Waals surface area (Å²) in [5, 5.41) is 25.5. The molecule has 11 heteroatoms. The SMILES string of the molecule is CS(=O)(=O)Nc1cc([C@@H](O)CNCC2CCN(S(=O)(=O)c3ccc4ccccc4c3)CC2)ccc1O. The maximum absolute atomic E-state index is 13.2. The third-order valence-electron chi connectivity index (χ3n) is 6.40. The number of aliphatic hydroxyl groups excluding tert-OH is 1. The predicted octanol–water partition coefficient (Wildman–Crippen LogP) is 2.64. The number of aliphatic hydroxyl groups is 1. The Morgan fingerprint density at radius 3 is 2.36 bits per heavy atom. The molecule has 3 aromatic rings. The Bertz CT molecular complexity index is 1440. The Hall–Kier alpha value is -2.70. The fourth-order valence-corrected chi connectivity index (χ4v) is 6.48. The molecule has 0 spiro atoms. The molecule has 0 amide bonds. The van der Waals surface area contributed by atoms with Gasteiger partial charge in [0.25, 0.3) is 0 Å². The number of rotatable bonds is 9. The number of anilines is 1. The van der Waals surface area contributed by atoms with Gasteiger partial charge in [-0.1, -0.05) is 36.4 Å². The Labute approximate surface area is 211 Å². The van der Waals surface area contributed by atoms with E-state index in [0.717, 1.165) is 17.0 Å². The van der Waals surface area contributed by atoms with E-state index in [9.17, 15) is 27.0 Å². The van der Waals surface area contributed by atoms with Crippen LogP contribution in [0.5, 0.6) is 5.75 Å². The van der Waals surface area contributed by atoms with E-state index in [-0.39, 0.29) is 23.9 Å². The lowest BCUT2D eigenvalue weighted by molar-refractivity contribution is 0.169. The van der Waals surface area contributed by atoms with E-state index in [0.29, 0.717) is 42.9 Å². The molecule has 1 aliphatic rings.